The van der Waals surface area contributed by atoms with E-state index in [1.165, 1.54) is 44.6 Å². The van der Waals surface area contributed by atoms with Crippen molar-refractivity contribution in [3.05, 3.63) is 36.3 Å². The number of aromatic nitrogens is 1. The molecule has 0 radical (unpaired) electrons. The van der Waals surface area contributed by atoms with Gasteiger partial charge in [-0.05, 0) is 36.5 Å². The summed E-state index contributed by atoms with van der Waals surface area (Å²) in [6, 6.07) is 6.56. The lowest BCUT2D eigenvalue weighted by molar-refractivity contribution is -0.0985. The van der Waals surface area contributed by atoms with Crippen LogP contribution in [0.1, 0.15) is 12.8 Å². The van der Waals surface area contributed by atoms with Crippen LogP contribution in [0.5, 0.6) is 5.19 Å². The average Bonchev–Trinajstić information content (AvgIpc) is 2.99. The van der Waals surface area contributed by atoms with E-state index in [9.17, 15) is 4.39 Å². The van der Waals surface area contributed by atoms with Crippen LogP contribution in [0.2, 0.25) is 0 Å². The van der Waals surface area contributed by atoms with E-state index < -0.39 is 0 Å². The predicted octanol–water partition coefficient (Wildman–Crippen LogP) is 3.67. The number of piperidine rings is 3. The minimum Gasteiger partial charge on any atom is -0.466 e. The van der Waals surface area contributed by atoms with Crippen LogP contribution in [-0.2, 0) is 0 Å². The molecule has 3 saturated heterocycles. The predicted molar refractivity (Wildman–Crippen MR) is 88.1 cm³/mol. The third-order valence-corrected chi connectivity index (χ3v) is 6.49. The van der Waals surface area contributed by atoms with Crippen LogP contribution in [0.15, 0.2) is 30.5 Å². The largest absolute Gasteiger partial charge is 0.466 e. The third-order valence-electron chi connectivity index (χ3n) is 5.55. The van der Waals surface area contributed by atoms with Crippen LogP contribution >= 0.6 is 11.3 Å². The summed E-state index contributed by atoms with van der Waals surface area (Å²) in [5.41, 5.74) is 0.995. The summed E-state index contributed by atoms with van der Waals surface area (Å²) in [5.74, 6) is 2.01. The summed E-state index contributed by atoms with van der Waals surface area (Å²) >= 11 is 1.57. The van der Waals surface area contributed by atoms with Crippen molar-refractivity contribution in [3.8, 4) is 15.6 Å². The van der Waals surface area contributed by atoms with Gasteiger partial charge in [-0.25, -0.2) is 9.37 Å². The van der Waals surface area contributed by atoms with Crippen molar-refractivity contribution >= 4 is 11.3 Å². The van der Waals surface area contributed by atoms with Gasteiger partial charge in [-0.1, -0.05) is 23.5 Å². The zero-order valence-electron chi connectivity index (χ0n) is 12.8. The maximum absolute atomic E-state index is 13.0. The van der Waals surface area contributed by atoms with Gasteiger partial charge in [-0.3, -0.25) is 0 Å². The highest BCUT2D eigenvalue weighted by molar-refractivity contribution is 7.16. The van der Waals surface area contributed by atoms with E-state index in [2.05, 4.69) is 9.88 Å². The van der Waals surface area contributed by atoms with Crippen molar-refractivity contribution in [3.63, 3.8) is 0 Å². The van der Waals surface area contributed by atoms with E-state index in [-0.39, 0.29) is 5.82 Å². The molecule has 2 unspecified atom stereocenters. The van der Waals surface area contributed by atoms with E-state index in [1.807, 2.05) is 6.20 Å². The molecule has 2 aromatic rings. The molecule has 0 N–H and O–H groups in total. The van der Waals surface area contributed by atoms with Crippen molar-refractivity contribution in [2.24, 2.45) is 17.8 Å². The van der Waals surface area contributed by atoms with Gasteiger partial charge in [0.2, 0.25) is 0 Å². The molecule has 1 aromatic heterocycles. The SMILES string of the molecule is Fc1ccc(-c2cnc(OC3C4CC5CC3CN(C5)C4)s2)cc1. The first-order chi connectivity index (χ1) is 11.2. The first-order valence-corrected chi connectivity index (χ1v) is 9.17. The highest BCUT2D eigenvalue weighted by atomic mass is 32.1. The number of nitrogens with zero attached hydrogens (tertiary/aromatic N) is 2. The molecule has 4 aliphatic rings. The molecule has 4 bridgehead atoms. The number of halogens is 1. The second kappa shape index (κ2) is 5.28. The number of thiazole rings is 1. The van der Waals surface area contributed by atoms with Gasteiger partial charge in [0.1, 0.15) is 11.9 Å². The Labute approximate surface area is 139 Å². The highest BCUT2D eigenvalue weighted by Gasteiger charge is 2.48. The number of ether oxygens (including phenoxy) is 1. The van der Waals surface area contributed by atoms with E-state index in [4.69, 9.17) is 4.74 Å². The molecule has 3 aliphatic heterocycles. The van der Waals surface area contributed by atoms with Gasteiger partial charge in [0.15, 0.2) is 0 Å². The van der Waals surface area contributed by atoms with E-state index in [1.54, 1.807) is 23.5 Å². The molecular weight excluding hydrogens is 311 g/mol. The lowest BCUT2D eigenvalue weighted by atomic mass is 9.66. The molecule has 1 saturated carbocycles. The zero-order chi connectivity index (χ0) is 15.4. The second-order valence-corrected chi connectivity index (χ2v) is 8.15. The fourth-order valence-corrected chi connectivity index (χ4v) is 5.54. The number of hydrogen-bond acceptors (Lipinski definition) is 4. The molecule has 2 atom stereocenters. The Kier molecular flexibility index (Phi) is 3.20. The average molecular weight is 330 g/mol. The lowest BCUT2D eigenvalue weighted by Crippen LogP contribution is -2.61. The molecule has 4 heterocycles. The van der Waals surface area contributed by atoms with Gasteiger partial charge in [-0.15, -0.1) is 0 Å². The minimum atomic E-state index is -0.210. The standard InChI is InChI=1S/C18H19FN2OS/c19-15-3-1-12(2-4-15)16-7-20-18(23-16)22-17-13-5-11-6-14(17)10-21(8-11)9-13/h1-4,7,11,13-14,17H,5-6,8-10H2. The molecule has 0 amide bonds. The maximum Gasteiger partial charge on any atom is 0.273 e. The molecule has 4 fully saturated rings. The molecule has 23 heavy (non-hydrogen) atoms. The van der Waals surface area contributed by atoms with E-state index in [0.29, 0.717) is 17.9 Å². The Hall–Kier alpha value is -1.46. The summed E-state index contributed by atoms with van der Waals surface area (Å²) in [4.78, 5) is 8.10. The van der Waals surface area contributed by atoms with Crippen molar-refractivity contribution in [2.75, 3.05) is 19.6 Å². The Balaban J connectivity index is 1.34. The van der Waals surface area contributed by atoms with Gasteiger partial charge >= 0.3 is 0 Å². The number of rotatable bonds is 3. The summed E-state index contributed by atoms with van der Waals surface area (Å²) in [6.45, 7) is 3.67. The normalized spacial score (nSPS) is 34.7. The Morgan fingerprint density at radius 1 is 1.09 bits per heavy atom. The van der Waals surface area contributed by atoms with Gasteiger partial charge in [0, 0.05) is 37.7 Å². The van der Waals surface area contributed by atoms with Crippen molar-refractivity contribution < 1.29 is 9.13 Å². The van der Waals surface area contributed by atoms with Crippen LogP contribution in [0.3, 0.4) is 0 Å². The smallest absolute Gasteiger partial charge is 0.273 e. The highest BCUT2D eigenvalue weighted by Crippen LogP contribution is 2.45. The maximum atomic E-state index is 13.0. The molecule has 0 spiro atoms. The Bertz CT molecular complexity index is 686. The van der Waals surface area contributed by atoms with E-state index in [0.717, 1.165) is 21.6 Å². The van der Waals surface area contributed by atoms with Crippen LogP contribution in [0.4, 0.5) is 4.39 Å². The molecular formula is C18H19FN2OS. The molecule has 3 nitrogen and oxygen atoms in total. The van der Waals surface area contributed by atoms with Crippen molar-refractivity contribution in [1.82, 2.24) is 9.88 Å². The lowest BCUT2D eigenvalue weighted by Gasteiger charge is -2.55. The Morgan fingerprint density at radius 2 is 1.83 bits per heavy atom. The second-order valence-electron chi connectivity index (χ2n) is 7.16. The topological polar surface area (TPSA) is 25.4 Å². The van der Waals surface area contributed by atoms with Crippen LogP contribution in [-0.4, -0.2) is 35.6 Å². The molecule has 5 heteroatoms. The zero-order valence-corrected chi connectivity index (χ0v) is 13.6. The van der Waals surface area contributed by atoms with Gasteiger partial charge < -0.3 is 9.64 Å². The van der Waals surface area contributed by atoms with Crippen molar-refractivity contribution in [1.29, 1.82) is 0 Å². The van der Waals surface area contributed by atoms with Gasteiger partial charge in [-0.2, -0.15) is 0 Å². The summed E-state index contributed by atoms with van der Waals surface area (Å²) < 4.78 is 19.4. The Morgan fingerprint density at radius 3 is 2.52 bits per heavy atom. The number of hydrogen-bond donors (Lipinski definition) is 0. The van der Waals surface area contributed by atoms with Gasteiger partial charge in [0.05, 0.1) is 4.88 Å². The van der Waals surface area contributed by atoms with Crippen molar-refractivity contribution in [2.45, 2.75) is 18.9 Å². The molecule has 1 aromatic carbocycles. The summed E-state index contributed by atoms with van der Waals surface area (Å²) in [6.07, 6.45) is 4.80. The fourth-order valence-electron chi connectivity index (χ4n) is 4.73. The van der Waals surface area contributed by atoms with Crippen LogP contribution in [0, 0.1) is 23.6 Å². The molecule has 120 valence electrons. The third kappa shape index (κ3) is 2.46. The molecule has 1 aliphatic carbocycles. The number of benzene rings is 1. The van der Waals surface area contributed by atoms with E-state index >= 15 is 0 Å². The first-order valence-electron chi connectivity index (χ1n) is 8.35. The molecule has 6 rings (SSSR count). The summed E-state index contributed by atoms with van der Waals surface area (Å²) in [5, 5.41) is 0.761. The quantitative estimate of drug-likeness (QED) is 0.859. The minimum absolute atomic E-state index is 0.210. The van der Waals surface area contributed by atoms with Gasteiger partial charge in [0.25, 0.3) is 5.19 Å². The monoisotopic (exact) mass is 330 g/mol. The fraction of sp³-hybridized carbons (Fsp3) is 0.500. The van der Waals surface area contributed by atoms with Crippen LogP contribution < -0.4 is 4.74 Å². The summed E-state index contributed by atoms with van der Waals surface area (Å²) in [7, 11) is 0. The van der Waals surface area contributed by atoms with Crippen LogP contribution in [0.25, 0.3) is 10.4 Å². The first kappa shape index (κ1) is 13.9.